The molecule has 9 heterocycles. The van der Waals surface area contributed by atoms with Crippen LogP contribution in [0.1, 0.15) is 196 Å². The molecule has 0 amide bonds. The zero-order valence-electron chi connectivity index (χ0n) is 56.5. The lowest BCUT2D eigenvalue weighted by Gasteiger charge is -2.14. The standard InChI is InChI=1S/3C9H13N.C8H12N2.C8H11NO.2C8H13N.C8H11N.C7H11N/c2*1-7(2)9-6-8(3)4-5-10-9;1-7(2)9-6-4-5-8(3)10-9;1-6(2)8-4-7(3)9-5-10-8;1-6(2)7-5-9-4-3-8(7)10;1-6(2)8-4-7(3)5-9-8;1-6(2)8-7(3)4-5-9-8;1-7(2)8-5-3-4-6-9-8;1-6(2)7-4-3-5-8-7/h4-7H,1-3H3;4-7,10H,3H2,1-2H3;4-7H,1-3H3;4-6H,3H2,1-2H3,(H,9,10);3-6H,1-2H3,(H,9,10);2*4,6H,5H2,1-3H3;3-7H,1-2H3;3-4,6H,5H2,1-2H3. The third kappa shape index (κ3) is 33.0. The van der Waals surface area contributed by atoms with E-state index in [0.717, 1.165) is 53.6 Å². The molecule has 0 fully saturated rings. The van der Waals surface area contributed by atoms with Gasteiger partial charge < -0.3 is 15.6 Å². The van der Waals surface area contributed by atoms with E-state index in [9.17, 15) is 4.79 Å². The first-order chi connectivity index (χ1) is 40.0. The van der Waals surface area contributed by atoms with Crippen LogP contribution in [-0.2, 0) is 0 Å². The van der Waals surface area contributed by atoms with E-state index in [-0.39, 0.29) is 5.43 Å². The van der Waals surface area contributed by atoms with Gasteiger partial charge in [0.15, 0.2) is 5.43 Å². The van der Waals surface area contributed by atoms with Gasteiger partial charge in [-0.15, -0.1) is 0 Å². The molecule has 3 N–H and O–H groups in total. The molecule has 4 aromatic heterocycles. The summed E-state index contributed by atoms with van der Waals surface area (Å²) in [5, 5.41) is 6.07. The summed E-state index contributed by atoms with van der Waals surface area (Å²) in [6.45, 7) is 57.2. The van der Waals surface area contributed by atoms with Crippen molar-refractivity contribution in [1.29, 1.82) is 0 Å². The maximum Gasteiger partial charge on any atom is 0.184 e. The zero-order valence-corrected chi connectivity index (χ0v) is 56.5. The third-order valence-electron chi connectivity index (χ3n) is 13.0. The summed E-state index contributed by atoms with van der Waals surface area (Å²) in [5.74, 6) is 4.78. The van der Waals surface area contributed by atoms with Gasteiger partial charge in [0, 0.05) is 99.6 Å². The van der Waals surface area contributed by atoms with Gasteiger partial charge in [0.2, 0.25) is 0 Å². The molecule has 0 saturated carbocycles. The molecule has 5 aliphatic heterocycles. The molecular formula is C74H110N10O. The molecular weight excluding hydrogens is 1040 g/mol. The number of pyridine rings is 4. The van der Waals surface area contributed by atoms with Gasteiger partial charge in [-0.25, -0.2) is 4.99 Å². The zero-order chi connectivity index (χ0) is 64.2. The van der Waals surface area contributed by atoms with Crippen LogP contribution in [0.4, 0.5) is 0 Å². The number of hydrogen-bond acceptors (Lipinski definition) is 10. The first-order valence-electron chi connectivity index (χ1n) is 30.6. The molecule has 85 heavy (non-hydrogen) atoms. The minimum absolute atomic E-state index is 0.119. The molecule has 4 aromatic rings. The number of aromatic nitrogens is 4. The number of nitrogens with zero attached hydrogens (tertiary/aromatic N) is 7. The number of aryl methyl sites for hydroxylation is 2. The van der Waals surface area contributed by atoms with Gasteiger partial charge >= 0.3 is 0 Å². The fourth-order valence-corrected chi connectivity index (χ4v) is 7.81. The Bertz CT molecular complexity index is 2950. The van der Waals surface area contributed by atoms with Crippen molar-refractivity contribution in [3.63, 3.8) is 0 Å². The molecule has 11 nitrogen and oxygen atoms in total. The minimum Gasteiger partial charge on any atom is -0.367 e. The third-order valence-corrected chi connectivity index (χ3v) is 13.0. The van der Waals surface area contributed by atoms with Gasteiger partial charge in [-0.05, 0) is 164 Å². The monoisotopic (exact) mass is 1150 g/mol. The van der Waals surface area contributed by atoms with Gasteiger partial charge in [0.1, 0.15) is 0 Å². The predicted octanol–water partition coefficient (Wildman–Crippen LogP) is 18.3. The maximum atomic E-state index is 11.0. The quantitative estimate of drug-likeness (QED) is 0.152. The van der Waals surface area contributed by atoms with E-state index in [4.69, 9.17) is 0 Å². The fourth-order valence-electron chi connectivity index (χ4n) is 7.81. The van der Waals surface area contributed by atoms with Crippen LogP contribution in [0, 0.1) is 43.4 Å². The van der Waals surface area contributed by atoms with E-state index in [1.807, 2.05) is 81.8 Å². The van der Waals surface area contributed by atoms with Gasteiger partial charge in [0.05, 0.1) is 26.0 Å². The first kappa shape index (κ1) is 75.6. The fraction of sp³-hybridized carbons (Fsp3) is 0.459. The van der Waals surface area contributed by atoms with Gasteiger partial charge in [-0.1, -0.05) is 168 Å². The average Bonchev–Trinajstić information content (AvgIpc) is 4.31. The summed E-state index contributed by atoms with van der Waals surface area (Å²) < 4.78 is 0. The Morgan fingerprint density at radius 1 is 0.553 bits per heavy atom. The average molecular weight is 1160 g/mol. The molecule has 0 atom stereocenters. The lowest BCUT2D eigenvalue weighted by molar-refractivity contribution is 0.710. The Hall–Kier alpha value is -7.40. The normalized spacial score (nSPS) is 14.3. The number of nitrogens with one attached hydrogen (secondary N) is 3. The molecule has 462 valence electrons. The van der Waals surface area contributed by atoms with E-state index in [0.29, 0.717) is 53.3 Å². The Morgan fingerprint density at radius 2 is 1.20 bits per heavy atom. The number of aromatic amines is 1. The van der Waals surface area contributed by atoms with Crippen molar-refractivity contribution >= 4 is 23.5 Å². The maximum absolute atomic E-state index is 11.0. The first-order valence-corrected chi connectivity index (χ1v) is 30.6. The van der Waals surface area contributed by atoms with Crippen LogP contribution in [0.25, 0.3) is 0 Å². The van der Waals surface area contributed by atoms with E-state index in [1.165, 1.54) is 50.9 Å². The number of H-pyrrole nitrogens is 1. The topological polar surface area (TPSA) is 145 Å². The summed E-state index contributed by atoms with van der Waals surface area (Å²) in [4.78, 5) is 43.8. The van der Waals surface area contributed by atoms with E-state index in [1.54, 1.807) is 24.8 Å². The lowest BCUT2D eigenvalue weighted by atomic mass is 10.0. The summed E-state index contributed by atoms with van der Waals surface area (Å²) in [6.07, 6.45) is 25.3. The van der Waals surface area contributed by atoms with Crippen molar-refractivity contribution in [2.45, 2.75) is 176 Å². The number of hydrogen-bond donors (Lipinski definition) is 3. The van der Waals surface area contributed by atoms with Crippen molar-refractivity contribution < 1.29 is 0 Å². The second-order valence-electron chi connectivity index (χ2n) is 24.2. The highest BCUT2D eigenvalue weighted by atomic mass is 16.1. The van der Waals surface area contributed by atoms with Crippen molar-refractivity contribution in [3.8, 4) is 0 Å². The Morgan fingerprint density at radius 3 is 1.54 bits per heavy atom. The Kier molecular flexibility index (Phi) is 37.0. The predicted molar refractivity (Wildman–Crippen MR) is 372 cm³/mol. The minimum atomic E-state index is 0.119. The summed E-state index contributed by atoms with van der Waals surface area (Å²) in [6, 6.07) is 17.8. The molecule has 5 aliphatic rings. The van der Waals surface area contributed by atoms with Crippen LogP contribution in [0.5, 0.6) is 0 Å². The molecule has 0 bridgehead atoms. The summed E-state index contributed by atoms with van der Waals surface area (Å²) >= 11 is 0. The summed E-state index contributed by atoms with van der Waals surface area (Å²) in [5.41, 5.74) is 17.7. The largest absolute Gasteiger partial charge is 0.367 e. The van der Waals surface area contributed by atoms with Gasteiger partial charge in [-0.3, -0.25) is 34.7 Å². The number of dihydropyridines is 1. The summed E-state index contributed by atoms with van der Waals surface area (Å²) in [7, 11) is 0. The van der Waals surface area contributed by atoms with Crippen LogP contribution in [0.2, 0.25) is 0 Å². The highest BCUT2D eigenvalue weighted by Gasteiger charge is 2.11. The second-order valence-corrected chi connectivity index (χ2v) is 24.2. The molecule has 0 radical (unpaired) electrons. The lowest BCUT2D eigenvalue weighted by Crippen LogP contribution is -2.13. The highest BCUT2D eigenvalue weighted by molar-refractivity contribution is 6.02. The smallest absolute Gasteiger partial charge is 0.184 e. The molecule has 0 spiro atoms. The molecule has 0 aliphatic carbocycles. The number of rotatable bonds is 9. The second kappa shape index (κ2) is 41.6. The van der Waals surface area contributed by atoms with Crippen LogP contribution in [0.3, 0.4) is 0 Å². The van der Waals surface area contributed by atoms with Gasteiger partial charge in [-0.2, -0.15) is 0 Å². The molecule has 9 rings (SSSR count). The van der Waals surface area contributed by atoms with Crippen LogP contribution in [-0.4, -0.2) is 63.0 Å². The van der Waals surface area contributed by atoms with Crippen molar-refractivity contribution in [1.82, 2.24) is 30.6 Å². The molecule has 0 unspecified atom stereocenters. The number of allylic oxidation sites excluding steroid dienone is 9. The molecule has 0 saturated heterocycles. The van der Waals surface area contributed by atoms with Crippen molar-refractivity contribution in [2.75, 3.05) is 19.6 Å². The van der Waals surface area contributed by atoms with Crippen LogP contribution in [0.15, 0.2) is 200 Å². The molecule has 11 heteroatoms. The van der Waals surface area contributed by atoms with Gasteiger partial charge in [0.25, 0.3) is 0 Å². The van der Waals surface area contributed by atoms with Crippen LogP contribution >= 0.6 is 0 Å². The van der Waals surface area contributed by atoms with E-state index < -0.39 is 0 Å². The Labute approximate surface area is 516 Å². The highest BCUT2D eigenvalue weighted by Crippen LogP contribution is 2.17. The SMILES string of the molecule is C=C1C=C(C(C)C)N=CN1.C=C1C=CNC(C(C)C)=C1.CC(C)C1=NCC=C1.CC(C)c1c[nH]ccc1=O.CC(C)c1ccccn1.CC1=CC(C(C)C)=NC1.CC1=CCN=C1C(C)C.Cc1cccc(C(C)C)n1.Cc1ccnc(C(C)C)c1. The molecule has 0 aromatic carbocycles. The van der Waals surface area contributed by atoms with Crippen molar-refractivity contribution in [3.05, 3.63) is 219 Å². The Balaban J connectivity index is 0.000000478. The van der Waals surface area contributed by atoms with Crippen molar-refractivity contribution in [2.24, 2.45) is 49.6 Å². The number of aliphatic imine (C=N–C) groups is 4. The van der Waals surface area contributed by atoms with E-state index in [2.05, 4.69) is 244 Å². The van der Waals surface area contributed by atoms with Crippen LogP contribution < -0.4 is 16.1 Å². The van der Waals surface area contributed by atoms with E-state index >= 15 is 0 Å².